The Hall–Kier alpha value is -0.610. The number of rotatable bonds is 3. The number of hydrogen-bond donors (Lipinski definition) is 1. The van der Waals surface area contributed by atoms with Crippen LogP contribution >= 0.6 is 27.5 Å². The molecule has 1 aliphatic rings. The second kappa shape index (κ2) is 5.57. The minimum atomic E-state index is -0.653. The zero-order chi connectivity index (χ0) is 13.2. The van der Waals surface area contributed by atoms with Crippen LogP contribution in [-0.2, 0) is 0 Å². The Morgan fingerprint density at radius 3 is 2.72 bits per heavy atom. The van der Waals surface area contributed by atoms with Gasteiger partial charge in [0, 0.05) is 5.33 Å². The molecule has 1 aliphatic carbocycles. The van der Waals surface area contributed by atoms with Crippen LogP contribution in [0.15, 0.2) is 18.2 Å². The lowest BCUT2D eigenvalue weighted by atomic mass is 10.00. The highest BCUT2D eigenvalue weighted by molar-refractivity contribution is 9.09. The standard InChI is InChI=1S/C13H14BrClFNO/c14-8-13(6-1-2-7-13)17-12(18)9-4-3-5-10(15)11(9)16/h3-5H,1-2,6-8H2,(H,17,18). The molecule has 5 heteroatoms. The van der Waals surface area contributed by atoms with Gasteiger partial charge in [-0.3, -0.25) is 4.79 Å². The highest BCUT2D eigenvalue weighted by Crippen LogP contribution is 2.31. The van der Waals surface area contributed by atoms with Crippen LogP contribution in [0.1, 0.15) is 36.0 Å². The molecule has 18 heavy (non-hydrogen) atoms. The number of alkyl halides is 1. The first-order valence-electron chi connectivity index (χ1n) is 5.90. The van der Waals surface area contributed by atoms with Crippen LogP contribution in [-0.4, -0.2) is 16.8 Å². The minimum absolute atomic E-state index is 0.00900. The fourth-order valence-corrected chi connectivity index (χ4v) is 3.21. The number of hydrogen-bond acceptors (Lipinski definition) is 1. The lowest BCUT2D eigenvalue weighted by molar-refractivity contribution is 0.0906. The predicted molar refractivity (Wildman–Crippen MR) is 73.9 cm³/mol. The van der Waals surface area contributed by atoms with Crippen molar-refractivity contribution in [3.05, 3.63) is 34.6 Å². The number of carbonyl (C=O) groups excluding carboxylic acids is 1. The van der Waals surface area contributed by atoms with Gasteiger partial charge in [-0.25, -0.2) is 4.39 Å². The second-order valence-electron chi connectivity index (χ2n) is 4.68. The highest BCUT2D eigenvalue weighted by Gasteiger charge is 2.34. The molecule has 1 aromatic carbocycles. The summed E-state index contributed by atoms with van der Waals surface area (Å²) in [6.07, 6.45) is 4.02. The Bertz CT molecular complexity index is 460. The third-order valence-electron chi connectivity index (χ3n) is 3.39. The predicted octanol–water partition coefficient (Wildman–Crippen LogP) is 3.92. The quantitative estimate of drug-likeness (QED) is 0.834. The molecule has 0 spiro atoms. The Labute approximate surface area is 119 Å². The van der Waals surface area contributed by atoms with Crippen molar-refractivity contribution in [2.75, 3.05) is 5.33 Å². The summed E-state index contributed by atoms with van der Waals surface area (Å²) >= 11 is 9.11. The number of halogens is 3. The number of nitrogens with one attached hydrogen (secondary N) is 1. The van der Waals surface area contributed by atoms with E-state index in [1.807, 2.05) is 0 Å². The van der Waals surface area contributed by atoms with Gasteiger partial charge in [0.2, 0.25) is 0 Å². The fraction of sp³-hybridized carbons (Fsp3) is 0.462. The number of amides is 1. The maximum atomic E-state index is 13.8. The van der Waals surface area contributed by atoms with E-state index in [2.05, 4.69) is 21.2 Å². The molecule has 0 bridgehead atoms. The molecule has 2 nitrogen and oxygen atoms in total. The average molecular weight is 335 g/mol. The molecule has 0 heterocycles. The van der Waals surface area contributed by atoms with Gasteiger partial charge >= 0.3 is 0 Å². The minimum Gasteiger partial charge on any atom is -0.346 e. The third kappa shape index (κ3) is 2.69. The van der Waals surface area contributed by atoms with Crippen molar-refractivity contribution < 1.29 is 9.18 Å². The van der Waals surface area contributed by atoms with Crippen molar-refractivity contribution in [3.8, 4) is 0 Å². The lowest BCUT2D eigenvalue weighted by Crippen LogP contribution is -2.48. The molecule has 1 amide bonds. The summed E-state index contributed by atoms with van der Waals surface area (Å²) in [7, 11) is 0. The molecule has 1 fully saturated rings. The molecule has 0 saturated heterocycles. The van der Waals surface area contributed by atoms with E-state index >= 15 is 0 Å². The van der Waals surface area contributed by atoms with E-state index in [1.54, 1.807) is 6.07 Å². The zero-order valence-electron chi connectivity index (χ0n) is 9.81. The van der Waals surface area contributed by atoms with E-state index in [-0.39, 0.29) is 16.1 Å². The van der Waals surface area contributed by atoms with E-state index in [0.717, 1.165) is 25.7 Å². The number of carbonyl (C=O) groups is 1. The summed E-state index contributed by atoms with van der Waals surface area (Å²) in [6.45, 7) is 0. The molecular formula is C13H14BrClFNO. The van der Waals surface area contributed by atoms with Crippen molar-refractivity contribution >= 4 is 33.4 Å². The van der Waals surface area contributed by atoms with Crippen LogP contribution in [0.5, 0.6) is 0 Å². The van der Waals surface area contributed by atoms with Crippen LogP contribution < -0.4 is 5.32 Å². The van der Waals surface area contributed by atoms with Crippen LogP contribution in [0.3, 0.4) is 0 Å². The van der Waals surface area contributed by atoms with Gasteiger partial charge in [-0.15, -0.1) is 0 Å². The average Bonchev–Trinajstić information content (AvgIpc) is 2.81. The van der Waals surface area contributed by atoms with E-state index in [9.17, 15) is 9.18 Å². The van der Waals surface area contributed by atoms with E-state index in [4.69, 9.17) is 11.6 Å². The van der Waals surface area contributed by atoms with Gasteiger partial charge in [0.1, 0.15) is 0 Å². The first-order valence-corrected chi connectivity index (χ1v) is 7.40. The molecule has 0 aromatic heterocycles. The molecule has 2 rings (SSSR count). The molecule has 98 valence electrons. The monoisotopic (exact) mass is 333 g/mol. The van der Waals surface area contributed by atoms with E-state index < -0.39 is 11.7 Å². The van der Waals surface area contributed by atoms with Crippen LogP contribution in [0.4, 0.5) is 4.39 Å². The van der Waals surface area contributed by atoms with Gasteiger partial charge in [-0.1, -0.05) is 46.4 Å². The summed E-state index contributed by atoms with van der Waals surface area (Å²) in [5, 5.41) is 3.60. The molecule has 1 saturated carbocycles. The zero-order valence-corrected chi connectivity index (χ0v) is 12.2. The lowest BCUT2D eigenvalue weighted by Gasteiger charge is -2.28. The van der Waals surface area contributed by atoms with Gasteiger partial charge in [0.05, 0.1) is 16.1 Å². The van der Waals surface area contributed by atoms with Crippen LogP contribution in [0.2, 0.25) is 5.02 Å². The van der Waals surface area contributed by atoms with Gasteiger partial charge in [-0.05, 0) is 25.0 Å². The highest BCUT2D eigenvalue weighted by atomic mass is 79.9. The fourth-order valence-electron chi connectivity index (χ4n) is 2.33. The Balaban J connectivity index is 2.19. The number of benzene rings is 1. The molecule has 0 atom stereocenters. The van der Waals surface area contributed by atoms with Gasteiger partial charge in [0.25, 0.3) is 5.91 Å². The normalized spacial score (nSPS) is 17.7. The Kier molecular flexibility index (Phi) is 4.28. The maximum absolute atomic E-state index is 13.8. The van der Waals surface area contributed by atoms with Gasteiger partial charge in [0.15, 0.2) is 5.82 Å². The summed E-state index contributed by atoms with van der Waals surface area (Å²) < 4.78 is 13.8. The van der Waals surface area contributed by atoms with Gasteiger partial charge in [-0.2, -0.15) is 0 Å². The largest absolute Gasteiger partial charge is 0.346 e. The SMILES string of the molecule is O=C(NC1(CBr)CCCC1)c1cccc(Cl)c1F. The van der Waals surface area contributed by atoms with Crippen molar-refractivity contribution in [3.63, 3.8) is 0 Å². The molecule has 1 N–H and O–H groups in total. The van der Waals surface area contributed by atoms with E-state index in [0.29, 0.717) is 5.33 Å². The molecular weight excluding hydrogens is 321 g/mol. The van der Waals surface area contributed by atoms with Crippen molar-refractivity contribution in [1.82, 2.24) is 5.32 Å². The summed E-state index contributed by atoms with van der Waals surface area (Å²) in [6, 6.07) is 4.46. The summed E-state index contributed by atoms with van der Waals surface area (Å²) in [5.74, 6) is -1.05. The van der Waals surface area contributed by atoms with Crippen molar-refractivity contribution in [1.29, 1.82) is 0 Å². The Morgan fingerprint density at radius 2 is 2.11 bits per heavy atom. The van der Waals surface area contributed by atoms with E-state index in [1.165, 1.54) is 12.1 Å². The van der Waals surface area contributed by atoms with Crippen LogP contribution in [0.25, 0.3) is 0 Å². The topological polar surface area (TPSA) is 29.1 Å². The third-order valence-corrected chi connectivity index (χ3v) is 4.76. The smallest absolute Gasteiger partial charge is 0.254 e. The molecule has 0 aliphatic heterocycles. The second-order valence-corrected chi connectivity index (χ2v) is 5.64. The summed E-state index contributed by atoms with van der Waals surface area (Å²) in [4.78, 5) is 12.1. The maximum Gasteiger partial charge on any atom is 0.254 e. The first-order chi connectivity index (χ1) is 8.58. The Morgan fingerprint density at radius 1 is 1.44 bits per heavy atom. The molecule has 1 aromatic rings. The van der Waals surface area contributed by atoms with Crippen LogP contribution in [0, 0.1) is 5.82 Å². The van der Waals surface area contributed by atoms with Crippen molar-refractivity contribution in [2.45, 2.75) is 31.2 Å². The molecule has 0 radical (unpaired) electrons. The summed E-state index contributed by atoms with van der Waals surface area (Å²) in [5.41, 5.74) is -0.235. The van der Waals surface area contributed by atoms with Crippen molar-refractivity contribution in [2.24, 2.45) is 0 Å². The first kappa shape index (κ1) is 13.8. The molecule has 0 unspecified atom stereocenters. The van der Waals surface area contributed by atoms with Gasteiger partial charge < -0.3 is 5.32 Å².